The zero-order chi connectivity index (χ0) is 13.2. The molecule has 0 heterocycles. The molecular formula is C11H13BrO4S. The van der Waals surface area contributed by atoms with Crippen molar-refractivity contribution in [2.24, 2.45) is 0 Å². The third-order valence-corrected chi connectivity index (χ3v) is 5.60. The Morgan fingerprint density at radius 2 is 2.06 bits per heavy atom. The Labute approximate surface area is 109 Å². The van der Waals surface area contributed by atoms with E-state index in [1.54, 1.807) is 13.8 Å². The minimum Gasteiger partial charge on any atom is -0.478 e. The van der Waals surface area contributed by atoms with Crippen molar-refractivity contribution in [3.8, 4) is 0 Å². The van der Waals surface area contributed by atoms with Crippen molar-refractivity contribution in [2.75, 3.05) is 0 Å². The molecular weight excluding hydrogens is 308 g/mol. The van der Waals surface area contributed by atoms with Gasteiger partial charge in [0.25, 0.3) is 0 Å². The van der Waals surface area contributed by atoms with Gasteiger partial charge in [0, 0.05) is 4.47 Å². The zero-order valence-electron chi connectivity index (χ0n) is 9.47. The van der Waals surface area contributed by atoms with E-state index in [0.29, 0.717) is 10.9 Å². The Kier molecular flexibility index (Phi) is 4.32. The van der Waals surface area contributed by atoms with Gasteiger partial charge in [-0.25, -0.2) is 13.2 Å². The highest BCUT2D eigenvalue weighted by molar-refractivity contribution is 9.10. The van der Waals surface area contributed by atoms with E-state index >= 15 is 0 Å². The molecule has 0 aromatic heterocycles. The summed E-state index contributed by atoms with van der Waals surface area (Å²) in [5.74, 6) is -1.15. The van der Waals surface area contributed by atoms with Crippen LogP contribution in [0, 0.1) is 0 Å². The van der Waals surface area contributed by atoms with Crippen LogP contribution < -0.4 is 0 Å². The van der Waals surface area contributed by atoms with Crippen molar-refractivity contribution in [2.45, 2.75) is 30.4 Å². The fraction of sp³-hybridized carbons (Fsp3) is 0.364. The predicted octanol–water partition coefficient (Wildman–Crippen LogP) is 2.72. The second kappa shape index (κ2) is 5.18. The molecule has 0 fully saturated rings. The van der Waals surface area contributed by atoms with Crippen molar-refractivity contribution in [1.29, 1.82) is 0 Å². The first-order valence-corrected chi connectivity index (χ1v) is 7.41. The Hall–Kier alpha value is -0.880. The van der Waals surface area contributed by atoms with Gasteiger partial charge in [-0.1, -0.05) is 6.92 Å². The summed E-state index contributed by atoms with van der Waals surface area (Å²) in [6, 6.07) is 4.05. The highest BCUT2D eigenvalue weighted by atomic mass is 79.9. The molecule has 0 amide bonds. The summed E-state index contributed by atoms with van der Waals surface area (Å²) in [6.07, 6.45) is 0.487. The summed E-state index contributed by atoms with van der Waals surface area (Å²) < 4.78 is 24.5. The average molecular weight is 321 g/mol. The molecule has 0 saturated carbocycles. The van der Waals surface area contributed by atoms with Crippen LogP contribution in [0.4, 0.5) is 0 Å². The summed E-state index contributed by atoms with van der Waals surface area (Å²) >= 11 is 3.08. The SMILES string of the molecule is CCC(C)S(=O)(=O)c1ccc(Br)c(C(=O)O)c1. The molecule has 0 radical (unpaired) electrons. The molecule has 94 valence electrons. The number of halogens is 1. The van der Waals surface area contributed by atoms with Crippen LogP contribution in [0.3, 0.4) is 0 Å². The Morgan fingerprint density at radius 3 is 2.53 bits per heavy atom. The standard InChI is InChI=1S/C11H13BrO4S/c1-3-7(2)17(15,16)8-4-5-10(12)9(6-8)11(13)14/h4-7H,3H2,1-2H3,(H,13,14). The summed E-state index contributed by atoms with van der Waals surface area (Å²) in [6.45, 7) is 3.39. The van der Waals surface area contributed by atoms with Crippen molar-refractivity contribution in [3.63, 3.8) is 0 Å². The highest BCUT2D eigenvalue weighted by Crippen LogP contribution is 2.24. The summed E-state index contributed by atoms with van der Waals surface area (Å²) in [5.41, 5.74) is -0.0469. The largest absolute Gasteiger partial charge is 0.478 e. The number of carboxylic acid groups (broad SMARTS) is 1. The quantitative estimate of drug-likeness (QED) is 0.925. The molecule has 1 rings (SSSR count). The number of rotatable bonds is 4. The van der Waals surface area contributed by atoms with E-state index in [1.165, 1.54) is 18.2 Å². The molecule has 1 aromatic rings. The third-order valence-electron chi connectivity index (χ3n) is 2.60. The number of carboxylic acids is 1. The van der Waals surface area contributed by atoms with E-state index in [2.05, 4.69) is 15.9 Å². The van der Waals surface area contributed by atoms with Crippen molar-refractivity contribution in [3.05, 3.63) is 28.2 Å². The van der Waals surface area contributed by atoms with Crippen LogP contribution in [0.15, 0.2) is 27.6 Å². The van der Waals surface area contributed by atoms with Gasteiger partial charge in [0.05, 0.1) is 15.7 Å². The summed E-state index contributed by atoms with van der Waals surface area (Å²) in [4.78, 5) is 11.0. The second-order valence-electron chi connectivity index (χ2n) is 3.71. The molecule has 1 atom stereocenters. The predicted molar refractivity (Wildman–Crippen MR) is 68.0 cm³/mol. The first-order valence-electron chi connectivity index (χ1n) is 5.07. The normalized spacial score (nSPS) is 13.4. The van der Waals surface area contributed by atoms with Crippen molar-refractivity contribution >= 4 is 31.7 Å². The first-order chi connectivity index (χ1) is 7.80. The van der Waals surface area contributed by atoms with E-state index in [1.807, 2.05) is 0 Å². The lowest BCUT2D eigenvalue weighted by Crippen LogP contribution is -2.17. The van der Waals surface area contributed by atoms with Crippen LogP contribution in [0.25, 0.3) is 0 Å². The molecule has 1 unspecified atom stereocenters. The molecule has 0 spiro atoms. The van der Waals surface area contributed by atoms with Crippen LogP contribution in [-0.4, -0.2) is 24.7 Å². The van der Waals surface area contributed by atoms with Gasteiger partial charge in [0.2, 0.25) is 0 Å². The number of hydrogen-bond donors (Lipinski definition) is 1. The van der Waals surface area contributed by atoms with Gasteiger partial charge in [-0.2, -0.15) is 0 Å². The van der Waals surface area contributed by atoms with E-state index in [-0.39, 0.29) is 10.5 Å². The number of benzene rings is 1. The fourth-order valence-corrected chi connectivity index (χ4v) is 3.16. The fourth-order valence-electron chi connectivity index (χ4n) is 1.30. The van der Waals surface area contributed by atoms with Gasteiger partial charge < -0.3 is 5.11 Å². The molecule has 6 heteroatoms. The van der Waals surface area contributed by atoms with E-state index in [0.717, 1.165) is 0 Å². The van der Waals surface area contributed by atoms with Gasteiger partial charge >= 0.3 is 5.97 Å². The lowest BCUT2D eigenvalue weighted by molar-refractivity contribution is 0.0695. The molecule has 4 nitrogen and oxygen atoms in total. The molecule has 17 heavy (non-hydrogen) atoms. The molecule has 1 aromatic carbocycles. The lowest BCUT2D eigenvalue weighted by atomic mass is 10.2. The topological polar surface area (TPSA) is 71.4 Å². The number of hydrogen-bond acceptors (Lipinski definition) is 3. The van der Waals surface area contributed by atoms with Gasteiger partial charge in [0.15, 0.2) is 9.84 Å². The zero-order valence-corrected chi connectivity index (χ0v) is 11.9. The van der Waals surface area contributed by atoms with Gasteiger partial charge in [-0.05, 0) is 47.5 Å². The maximum atomic E-state index is 12.0. The van der Waals surface area contributed by atoms with E-state index in [9.17, 15) is 13.2 Å². The molecule has 0 aliphatic heterocycles. The van der Waals surface area contributed by atoms with E-state index in [4.69, 9.17) is 5.11 Å². The third kappa shape index (κ3) is 2.87. The van der Waals surface area contributed by atoms with Crippen LogP contribution >= 0.6 is 15.9 Å². The monoisotopic (exact) mass is 320 g/mol. The average Bonchev–Trinajstić information content (AvgIpc) is 2.27. The van der Waals surface area contributed by atoms with Crippen LogP contribution in [0.5, 0.6) is 0 Å². The number of aromatic carboxylic acids is 1. The lowest BCUT2D eigenvalue weighted by Gasteiger charge is -2.11. The summed E-state index contributed by atoms with van der Waals surface area (Å²) in [7, 11) is -3.45. The van der Waals surface area contributed by atoms with Crippen LogP contribution in [-0.2, 0) is 9.84 Å². The molecule has 1 N–H and O–H groups in total. The Bertz CT molecular complexity index is 536. The Balaban J connectivity index is 3.35. The number of carbonyl (C=O) groups is 1. The minimum atomic E-state index is -3.45. The van der Waals surface area contributed by atoms with Crippen molar-refractivity contribution < 1.29 is 18.3 Å². The van der Waals surface area contributed by atoms with Gasteiger partial charge in [-0.15, -0.1) is 0 Å². The first kappa shape index (κ1) is 14.2. The van der Waals surface area contributed by atoms with Crippen molar-refractivity contribution in [1.82, 2.24) is 0 Å². The second-order valence-corrected chi connectivity index (χ2v) is 6.93. The molecule has 0 saturated heterocycles. The molecule has 0 bridgehead atoms. The molecule has 0 aliphatic rings. The number of sulfone groups is 1. The summed E-state index contributed by atoms with van der Waals surface area (Å²) in [5, 5.41) is 8.40. The van der Waals surface area contributed by atoms with Crippen LogP contribution in [0.1, 0.15) is 30.6 Å². The van der Waals surface area contributed by atoms with E-state index < -0.39 is 21.1 Å². The highest BCUT2D eigenvalue weighted by Gasteiger charge is 2.23. The van der Waals surface area contributed by atoms with Gasteiger partial charge in [-0.3, -0.25) is 0 Å². The molecule has 0 aliphatic carbocycles. The minimum absolute atomic E-state index is 0.0469. The smallest absolute Gasteiger partial charge is 0.336 e. The maximum Gasteiger partial charge on any atom is 0.336 e. The Morgan fingerprint density at radius 1 is 1.47 bits per heavy atom. The van der Waals surface area contributed by atoms with Gasteiger partial charge in [0.1, 0.15) is 0 Å². The maximum absolute atomic E-state index is 12.0. The van der Waals surface area contributed by atoms with Crippen LogP contribution in [0.2, 0.25) is 0 Å².